The monoisotopic (exact) mass is 288 g/mol. The number of nitrogens with two attached hydrogens (primary N) is 1. The summed E-state index contributed by atoms with van der Waals surface area (Å²) in [5.74, 6) is -0.850. The van der Waals surface area contributed by atoms with Crippen LogP contribution in [0.15, 0.2) is 22.7 Å². The van der Waals surface area contributed by atoms with E-state index in [1.54, 1.807) is 19.2 Å². The maximum Gasteiger partial charge on any atom is 0.257 e. The molecule has 0 aliphatic carbocycles. The summed E-state index contributed by atoms with van der Waals surface area (Å²) in [4.78, 5) is 13.4. The van der Waals surface area contributed by atoms with Gasteiger partial charge in [-0.15, -0.1) is 0 Å². The first kappa shape index (κ1) is 13.1. The van der Waals surface area contributed by atoms with Crippen molar-refractivity contribution in [2.45, 2.75) is 6.42 Å². The predicted molar refractivity (Wildman–Crippen MR) is 64.7 cm³/mol. The highest BCUT2D eigenvalue weighted by molar-refractivity contribution is 9.10. The molecule has 0 aliphatic heterocycles. The van der Waals surface area contributed by atoms with Gasteiger partial charge in [0.05, 0.1) is 5.56 Å². The number of hydrogen-bond acceptors (Lipinski definition) is 2. The number of amides is 1. The lowest BCUT2D eigenvalue weighted by Gasteiger charge is -2.17. The molecule has 0 fully saturated rings. The van der Waals surface area contributed by atoms with Crippen molar-refractivity contribution in [1.82, 2.24) is 4.90 Å². The van der Waals surface area contributed by atoms with Crippen molar-refractivity contribution in [3.05, 3.63) is 34.1 Å². The molecule has 0 bridgehead atoms. The van der Waals surface area contributed by atoms with E-state index in [-0.39, 0.29) is 11.5 Å². The zero-order valence-corrected chi connectivity index (χ0v) is 10.6. The Morgan fingerprint density at radius 3 is 2.81 bits per heavy atom. The van der Waals surface area contributed by atoms with Gasteiger partial charge < -0.3 is 10.6 Å². The molecular weight excluding hydrogens is 275 g/mol. The van der Waals surface area contributed by atoms with Gasteiger partial charge >= 0.3 is 0 Å². The summed E-state index contributed by atoms with van der Waals surface area (Å²) in [6, 6.07) is 4.47. The van der Waals surface area contributed by atoms with Gasteiger partial charge in [0.15, 0.2) is 0 Å². The van der Waals surface area contributed by atoms with Gasteiger partial charge in [0, 0.05) is 18.1 Å². The quantitative estimate of drug-likeness (QED) is 0.921. The minimum atomic E-state index is -0.515. The summed E-state index contributed by atoms with van der Waals surface area (Å²) >= 11 is 3.17. The van der Waals surface area contributed by atoms with E-state index in [1.807, 2.05) is 0 Å². The molecule has 2 N–H and O–H groups in total. The number of carbonyl (C=O) groups is 1. The molecule has 1 aromatic rings. The van der Waals surface area contributed by atoms with E-state index in [0.29, 0.717) is 24.0 Å². The lowest BCUT2D eigenvalue weighted by atomic mass is 10.2. The molecule has 0 atom stereocenters. The Bertz CT molecular complexity index is 364. The minimum Gasteiger partial charge on any atom is -0.342 e. The van der Waals surface area contributed by atoms with Crippen molar-refractivity contribution < 1.29 is 9.18 Å². The van der Waals surface area contributed by atoms with Gasteiger partial charge in [-0.25, -0.2) is 4.39 Å². The first-order valence-corrected chi connectivity index (χ1v) is 5.76. The molecule has 0 radical (unpaired) electrons. The lowest BCUT2D eigenvalue weighted by Crippen LogP contribution is -2.30. The SMILES string of the molecule is CN(CCCN)C(=O)c1c(F)cccc1Br. The Kier molecular flexibility index (Phi) is 4.89. The molecule has 3 nitrogen and oxygen atoms in total. The molecule has 5 heteroatoms. The van der Waals surface area contributed by atoms with Crippen LogP contribution in [0.1, 0.15) is 16.8 Å². The van der Waals surface area contributed by atoms with Crippen molar-refractivity contribution >= 4 is 21.8 Å². The molecule has 0 saturated carbocycles. The lowest BCUT2D eigenvalue weighted by molar-refractivity contribution is 0.0789. The first-order chi connectivity index (χ1) is 7.57. The van der Waals surface area contributed by atoms with Crippen LogP contribution in [0.5, 0.6) is 0 Å². The number of rotatable bonds is 4. The molecule has 88 valence electrons. The average Bonchev–Trinajstić information content (AvgIpc) is 2.25. The second-order valence-corrected chi connectivity index (χ2v) is 4.32. The Balaban J connectivity index is 2.87. The number of halogens is 2. The fourth-order valence-corrected chi connectivity index (χ4v) is 1.83. The number of carbonyl (C=O) groups excluding carboxylic acids is 1. The normalized spacial score (nSPS) is 10.2. The zero-order valence-electron chi connectivity index (χ0n) is 9.04. The van der Waals surface area contributed by atoms with Crippen molar-refractivity contribution in [2.75, 3.05) is 20.1 Å². The first-order valence-electron chi connectivity index (χ1n) is 4.97. The summed E-state index contributed by atoms with van der Waals surface area (Å²) in [7, 11) is 1.64. The van der Waals surface area contributed by atoms with Crippen LogP contribution < -0.4 is 5.73 Å². The summed E-state index contributed by atoms with van der Waals surface area (Å²) in [5.41, 5.74) is 5.43. The maximum atomic E-state index is 13.5. The Morgan fingerprint density at radius 1 is 1.56 bits per heavy atom. The van der Waals surface area contributed by atoms with Crippen LogP contribution in [-0.2, 0) is 0 Å². The highest BCUT2D eigenvalue weighted by atomic mass is 79.9. The topological polar surface area (TPSA) is 46.3 Å². The van der Waals surface area contributed by atoms with E-state index in [9.17, 15) is 9.18 Å². The van der Waals surface area contributed by atoms with Crippen LogP contribution in [0, 0.1) is 5.82 Å². The highest BCUT2D eigenvalue weighted by Crippen LogP contribution is 2.20. The van der Waals surface area contributed by atoms with Crippen molar-refractivity contribution in [1.29, 1.82) is 0 Å². The molecule has 1 rings (SSSR count). The molecule has 1 amide bonds. The largest absolute Gasteiger partial charge is 0.342 e. The third kappa shape index (κ3) is 3.02. The molecule has 0 spiro atoms. The van der Waals surface area contributed by atoms with Crippen LogP contribution >= 0.6 is 15.9 Å². The fourth-order valence-electron chi connectivity index (χ4n) is 1.32. The molecule has 0 unspecified atom stereocenters. The third-order valence-electron chi connectivity index (χ3n) is 2.22. The average molecular weight is 289 g/mol. The van der Waals surface area contributed by atoms with Crippen LogP contribution in [0.2, 0.25) is 0 Å². The molecule has 0 heterocycles. The van der Waals surface area contributed by atoms with Crippen LogP contribution in [-0.4, -0.2) is 30.9 Å². The van der Waals surface area contributed by atoms with Crippen molar-refractivity contribution in [2.24, 2.45) is 5.73 Å². The van der Waals surface area contributed by atoms with E-state index < -0.39 is 5.82 Å². The highest BCUT2D eigenvalue weighted by Gasteiger charge is 2.18. The molecule has 0 saturated heterocycles. The minimum absolute atomic E-state index is 0.0713. The van der Waals surface area contributed by atoms with Gasteiger partial charge in [-0.1, -0.05) is 6.07 Å². The Labute approximate surface area is 103 Å². The second kappa shape index (κ2) is 5.96. The summed E-state index contributed by atoms with van der Waals surface area (Å²) in [6.45, 7) is 1.03. The van der Waals surface area contributed by atoms with E-state index in [1.165, 1.54) is 11.0 Å². The maximum absolute atomic E-state index is 13.5. The van der Waals surface area contributed by atoms with E-state index >= 15 is 0 Å². The van der Waals surface area contributed by atoms with Crippen LogP contribution in [0.25, 0.3) is 0 Å². The van der Waals surface area contributed by atoms with Gasteiger partial charge in [-0.3, -0.25) is 4.79 Å². The molecular formula is C11H14BrFN2O. The fraction of sp³-hybridized carbons (Fsp3) is 0.364. The molecule has 0 aliphatic rings. The Hall–Kier alpha value is -0.940. The van der Waals surface area contributed by atoms with Crippen molar-refractivity contribution in [3.63, 3.8) is 0 Å². The van der Waals surface area contributed by atoms with Gasteiger partial charge in [-0.2, -0.15) is 0 Å². The van der Waals surface area contributed by atoms with Gasteiger partial charge in [0.2, 0.25) is 0 Å². The summed E-state index contributed by atoms with van der Waals surface area (Å²) in [6.07, 6.45) is 0.703. The second-order valence-electron chi connectivity index (χ2n) is 3.47. The third-order valence-corrected chi connectivity index (χ3v) is 2.88. The molecule has 1 aromatic carbocycles. The summed E-state index contributed by atoms with van der Waals surface area (Å²) in [5, 5.41) is 0. The van der Waals surface area contributed by atoms with E-state index in [2.05, 4.69) is 15.9 Å². The number of hydrogen-bond donors (Lipinski definition) is 1. The Morgan fingerprint density at radius 2 is 2.25 bits per heavy atom. The predicted octanol–water partition coefficient (Wildman–Crippen LogP) is 2.01. The van der Waals surface area contributed by atoms with Gasteiger partial charge in [0.25, 0.3) is 5.91 Å². The van der Waals surface area contributed by atoms with Crippen LogP contribution in [0.3, 0.4) is 0 Å². The van der Waals surface area contributed by atoms with Gasteiger partial charge in [-0.05, 0) is 41.0 Å². The number of nitrogens with zero attached hydrogens (tertiary/aromatic N) is 1. The number of benzene rings is 1. The van der Waals surface area contributed by atoms with Gasteiger partial charge in [0.1, 0.15) is 5.82 Å². The smallest absolute Gasteiger partial charge is 0.257 e. The van der Waals surface area contributed by atoms with E-state index in [0.717, 1.165) is 0 Å². The van der Waals surface area contributed by atoms with Crippen molar-refractivity contribution in [3.8, 4) is 0 Å². The zero-order chi connectivity index (χ0) is 12.1. The molecule has 0 aromatic heterocycles. The van der Waals surface area contributed by atoms with E-state index in [4.69, 9.17) is 5.73 Å². The summed E-state index contributed by atoms with van der Waals surface area (Å²) < 4.78 is 14.0. The van der Waals surface area contributed by atoms with Crippen LogP contribution in [0.4, 0.5) is 4.39 Å². The molecule has 16 heavy (non-hydrogen) atoms. The standard InChI is InChI=1S/C11H14BrFN2O/c1-15(7-3-6-14)11(16)10-8(12)4-2-5-9(10)13/h2,4-5H,3,6-7,14H2,1H3.